The van der Waals surface area contributed by atoms with Gasteiger partial charge in [0.15, 0.2) is 5.78 Å². The van der Waals surface area contributed by atoms with Gasteiger partial charge in [-0.15, -0.1) is 0 Å². The van der Waals surface area contributed by atoms with Crippen LogP contribution in [0.1, 0.15) is 65.7 Å². The van der Waals surface area contributed by atoms with Crippen LogP contribution in [0.3, 0.4) is 0 Å². The number of Topliss-reactive ketones (excluding diaryl/α,β-unsaturated/α-hetero) is 1. The van der Waals surface area contributed by atoms with Crippen LogP contribution in [0.2, 0.25) is 0 Å². The zero-order valence-electron chi connectivity index (χ0n) is 15.2. The number of aliphatic hydroxyl groups excluding tert-OH is 1. The molecule has 3 saturated carbocycles. The van der Waals surface area contributed by atoms with Crippen molar-refractivity contribution in [3.63, 3.8) is 0 Å². The molecule has 7 atom stereocenters. The Kier molecular flexibility index (Phi) is 3.62. The molecule has 3 heteroatoms. The van der Waals surface area contributed by atoms with Gasteiger partial charge in [0.1, 0.15) is 5.78 Å². The predicted molar refractivity (Wildman–Crippen MR) is 92.3 cm³/mol. The van der Waals surface area contributed by atoms with Gasteiger partial charge in [-0.2, -0.15) is 0 Å². The molecule has 0 aromatic rings. The van der Waals surface area contributed by atoms with E-state index in [1.165, 1.54) is 5.57 Å². The molecule has 0 aliphatic heterocycles. The highest BCUT2D eigenvalue weighted by Crippen LogP contribution is 2.66. The molecule has 132 valence electrons. The molecule has 0 heterocycles. The Morgan fingerprint density at radius 2 is 1.96 bits per heavy atom. The quantitative estimate of drug-likeness (QED) is 0.797. The van der Waals surface area contributed by atoms with Crippen LogP contribution < -0.4 is 0 Å². The molecule has 0 spiro atoms. The first-order valence-electron chi connectivity index (χ1n) is 9.70. The van der Waals surface area contributed by atoms with E-state index in [9.17, 15) is 14.7 Å². The number of hydrogen-bond donors (Lipinski definition) is 1. The Morgan fingerprint density at radius 3 is 2.67 bits per heavy atom. The smallest absolute Gasteiger partial charge is 0.155 e. The van der Waals surface area contributed by atoms with Gasteiger partial charge in [0.25, 0.3) is 0 Å². The number of aliphatic hydroxyl groups is 1. The van der Waals surface area contributed by atoms with Crippen molar-refractivity contribution in [3.05, 3.63) is 11.6 Å². The number of rotatable bonds is 1. The van der Waals surface area contributed by atoms with Crippen LogP contribution in [-0.2, 0) is 9.59 Å². The predicted octanol–water partition coefficient (Wildman–Crippen LogP) is 3.69. The minimum atomic E-state index is -0.349. The molecule has 0 radical (unpaired) electrons. The molecule has 0 aromatic heterocycles. The van der Waals surface area contributed by atoms with Gasteiger partial charge in [0.2, 0.25) is 0 Å². The van der Waals surface area contributed by atoms with Crippen LogP contribution in [0.25, 0.3) is 0 Å². The lowest BCUT2D eigenvalue weighted by Crippen LogP contribution is -2.56. The van der Waals surface area contributed by atoms with Crippen molar-refractivity contribution in [2.24, 2.45) is 34.5 Å². The Balaban J connectivity index is 1.72. The fraction of sp³-hybridized carbons (Fsp3) is 0.810. The van der Waals surface area contributed by atoms with E-state index < -0.39 is 0 Å². The monoisotopic (exact) mass is 330 g/mol. The molecule has 4 aliphatic rings. The first kappa shape index (κ1) is 16.5. The van der Waals surface area contributed by atoms with Crippen molar-refractivity contribution in [1.82, 2.24) is 0 Å². The van der Waals surface area contributed by atoms with E-state index in [-0.39, 0.29) is 34.6 Å². The summed E-state index contributed by atoms with van der Waals surface area (Å²) in [5.41, 5.74) is 1.23. The molecule has 0 amide bonds. The van der Waals surface area contributed by atoms with Crippen molar-refractivity contribution in [2.75, 3.05) is 0 Å². The van der Waals surface area contributed by atoms with E-state index in [1.807, 2.05) is 6.08 Å². The van der Waals surface area contributed by atoms with Gasteiger partial charge in [0.05, 0.1) is 6.10 Å². The minimum Gasteiger partial charge on any atom is -0.393 e. The summed E-state index contributed by atoms with van der Waals surface area (Å²) in [7, 11) is 0. The SMILES string of the molecule is CC(=O)[C@H]1CC[C@H]2[C@@H]3CCC4=CC(=O)CC[C@]4(C)C3[C@H](O)C[C@]12C. The molecule has 0 bridgehead atoms. The lowest BCUT2D eigenvalue weighted by Gasteiger charge is -2.59. The number of hydrogen-bond acceptors (Lipinski definition) is 3. The van der Waals surface area contributed by atoms with Gasteiger partial charge in [-0.05, 0) is 80.1 Å². The minimum absolute atomic E-state index is 0.0219. The van der Waals surface area contributed by atoms with Gasteiger partial charge < -0.3 is 5.11 Å². The fourth-order valence-corrected chi connectivity index (χ4v) is 7.35. The Morgan fingerprint density at radius 1 is 1.21 bits per heavy atom. The molecule has 4 rings (SSSR count). The largest absolute Gasteiger partial charge is 0.393 e. The van der Waals surface area contributed by atoms with E-state index in [1.54, 1.807) is 6.92 Å². The Bertz CT molecular complexity index is 621. The van der Waals surface area contributed by atoms with Crippen LogP contribution in [0.15, 0.2) is 11.6 Å². The first-order valence-corrected chi connectivity index (χ1v) is 9.70. The van der Waals surface area contributed by atoms with E-state index in [0.717, 1.165) is 38.5 Å². The number of carbonyl (C=O) groups is 2. The van der Waals surface area contributed by atoms with Crippen molar-refractivity contribution in [2.45, 2.75) is 71.8 Å². The standard InChI is InChI=1S/C21H30O3/c1-12(22)16-6-7-17-15-5-4-13-10-14(23)8-9-20(13,2)19(15)18(24)11-21(16,17)3/h10,15-19,24H,4-9,11H2,1-3H3/t15-,16+,17-,18+,19?,20-,21+/m0/s1. The third kappa shape index (κ3) is 2.06. The molecule has 1 N–H and O–H groups in total. The molecule has 0 saturated heterocycles. The second-order valence-corrected chi connectivity index (χ2v) is 9.41. The molecular weight excluding hydrogens is 300 g/mol. The van der Waals surface area contributed by atoms with Gasteiger partial charge in [-0.3, -0.25) is 9.59 Å². The van der Waals surface area contributed by atoms with Crippen LogP contribution >= 0.6 is 0 Å². The molecule has 3 fully saturated rings. The van der Waals surface area contributed by atoms with Crippen LogP contribution in [0.4, 0.5) is 0 Å². The topological polar surface area (TPSA) is 54.4 Å². The zero-order valence-corrected chi connectivity index (χ0v) is 15.2. The average Bonchev–Trinajstić information content (AvgIpc) is 2.84. The van der Waals surface area contributed by atoms with Crippen LogP contribution in [0.5, 0.6) is 0 Å². The van der Waals surface area contributed by atoms with Gasteiger partial charge in [0, 0.05) is 12.3 Å². The summed E-state index contributed by atoms with van der Waals surface area (Å²) in [5, 5.41) is 11.2. The van der Waals surface area contributed by atoms with Crippen molar-refractivity contribution in [1.29, 1.82) is 0 Å². The van der Waals surface area contributed by atoms with Gasteiger partial charge >= 0.3 is 0 Å². The van der Waals surface area contributed by atoms with Gasteiger partial charge in [-0.1, -0.05) is 19.4 Å². The highest BCUT2D eigenvalue weighted by molar-refractivity contribution is 5.91. The zero-order chi connectivity index (χ0) is 17.3. The highest BCUT2D eigenvalue weighted by Gasteiger charge is 2.62. The summed E-state index contributed by atoms with van der Waals surface area (Å²) < 4.78 is 0. The molecular formula is C21H30O3. The lowest BCUT2D eigenvalue weighted by molar-refractivity contribution is -0.143. The maximum absolute atomic E-state index is 12.2. The summed E-state index contributed by atoms with van der Waals surface area (Å²) in [6.07, 6.45) is 7.97. The van der Waals surface area contributed by atoms with Crippen LogP contribution in [-0.4, -0.2) is 22.8 Å². The van der Waals surface area contributed by atoms with E-state index in [0.29, 0.717) is 24.0 Å². The van der Waals surface area contributed by atoms with E-state index in [2.05, 4.69) is 13.8 Å². The maximum atomic E-state index is 12.2. The molecule has 3 nitrogen and oxygen atoms in total. The van der Waals surface area contributed by atoms with Crippen molar-refractivity contribution in [3.8, 4) is 0 Å². The summed E-state index contributed by atoms with van der Waals surface area (Å²) in [5.74, 6) is 1.99. The number of carbonyl (C=O) groups excluding carboxylic acids is 2. The summed E-state index contributed by atoms with van der Waals surface area (Å²) in [4.78, 5) is 24.0. The molecule has 4 aliphatic carbocycles. The fourth-order valence-electron chi connectivity index (χ4n) is 7.35. The number of allylic oxidation sites excluding steroid dienone is 1. The third-order valence-corrected chi connectivity index (χ3v) is 8.38. The average molecular weight is 330 g/mol. The Labute approximate surface area is 144 Å². The summed E-state index contributed by atoms with van der Waals surface area (Å²) in [6.45, 7) is 6.27. The first-order chi connectivity index (χ1) is 11.3. The molecule has 0 aromatic carbocycles. The number of ketones is 2. The summed E-state index contributed by atoms with van der Waals surface area (Å²) >= 11 is 0. The highest BCUT2D eigenvalue weighted by atomic mass is 16.3. The Hall–Kier alpha value is -0.960. The molecule has 24 heavy (non-hydrogen) atoms. The third-order valence-electron chi connectivity index (χ3n) is 8.38. The lowest BCUT2D eigenvalue weighted by atomic mass is 9.46. The van der Waals surface area contributed by atoms with Crippen molar-refractivity contribution < 1.29 is 14.7 Å². The molecule has 1 unspecified atom stereocenters. The number of fused-ring (bicyclic) bond motifs is 5. The van der Waals surface area contributed by atoms with E-state index in [4.69, 9.17) is 0 Å². The maximum Gasteiger partial charge on any atom is 0.155 e. The van der Waals surface area contributed by atoms with Crippen LogP contribution in [0, 0.1) is 34.5 Å². The second kappa shape index (κ2) is 5.27. The van der Waals surface area contributed by atoms with Gasteiger partial charge in [-0.25, -0.2) is 0 Å². The second-order valence-electron chi connectivity index (χ2n) is 9.41. The van der Waals surface area contributed by atoms with Crippen molar-refractivity contribution >= 4 is 11.6 Å². The summed E-state index contributed by atoms with van der Waals surface area (Å²) in [6, 6.07) is 0. The normalized spacial score (nSPS) is 50.6. The van der Waals surface area contributed by atoms with E-state index >= 15 is 0 Å².